The van der Waals surface area contributed by atoms with Gasteiger partial charge in [-0.15, -0.1) is 0 Å². The SMILES string of the molecule is Cc1nc(C)c(C(=O)NCC2CC2c2ccc(Cl)cc2Cl)o1. The zero-order valence-electron chi connectivity index (χ0n) is 12.3. The molecule has 0 bridgehead atoms. The van der Waals surface area contributed by atoms with Crippen molar-refractivity contribution in [2.75, 3.05) is 6.54 Å². The van der Waals surface area contributed by atoms with Crippen molar-refractivity contribution in [3.05, 3.63) is 51.2 Å². The van der Waals surface area contributed by atoms with Crippen LogP contribution >= 0.6 is 23.2 Å². The number of hydrogen-bond donors (Lipinski definition) is 1. The molecule has 1 N–H and O–H groups in total. The maximum Gasteiger partial charge on any atom is 0.289 e. The molecule has 2 atom stereocenters. The van der Waals surface area contributed by atoms with E-state index in [0.29, 0.717) is 45.8 Å². The van der Waals surface area contributed by atoms with Crippen LogP contribution in [0, 0.1) is 19.8 Å². The number of carbonyl (C=O) groups is 1. The summed E-state index contributed by atoms with van der Waals surface area (Å²) < 4.78 is 5.31. The van der Waals surface area contributed by atoms with Gasteiger partial charge in [0.1, 0.15) is 0 Å². The normalized spacial score (nSPS) is 20.0. The summed E-state index contributed by atoms with van der Waals surface area (Å²) in [6.07, 6.45) is 1.01. The molecule has 1 fully saturated rings. The molecular weight excluding hydrogens is 323 g/mol. The zero-order chi connectivity index (χ0) is 15.9. The highest BCUT2D eigenvalue weighted by Crippen LogP contribution is 2.49. The van der Waals surface area contributed by atoms with Gasteiger partial charge in [-0.3, -0.25) is 4.79 Å². The average Bonchev–Trinajstić information content (AvgIpc) is 3.13. The number of nitrogens with one attached hydrogen (secondary N) is 1. The Morgan fingerprint density at radius 2 is 2.18 bits per heavy atom. The number of amides is 1. The summed E-state index contributed by atoms with van der Waals surface area (Å²) in [6, 6.07) is 5.56. The van der Waals surface area contributed by atoms with E-state index in [2.05, 4.69) is 10.3 Å². The second-order valence-corrected chi connectivity index (χ2v) is 6.47. The molecular formula is C16H16Cl2N2O2. The van der Waals surface area contributed by atoms with E-state index in [1.165, 1.54) is 0 Å². The summed E-state index contributed by atoms with van der Waals surface area (Å²) in [5.74, 6) is 1.35. The van der Waals surface area contributed by atoms with Crippen molar-refractivity contribution in [1.29, 1.82) is 0 Å². The molecule has 6 heteroatoms. The number of rotatable bonds is 4. The van der Waals surface area contributed by atoms with E-state index >= 15 is 0 Å². The number of hydrogen-bond acceptors (Lipinski definition) is 3. The second-order valence-electron chi connectivity index (χ2n) is 5.63. The molecule has 1 aliphatic rings. The number of halogens is 2. The van der Waals surface area contributed by atoms with Crippen molar-refractivity contribution in [2.24, 2.45) is 5.92 Å². The Bertz CT molecular complexity index is 727. The Morgan fingerprint density at radius 1 is 1.41 bits per heavy atom. The predicted octanol–water partition coefficient (Wildman–Crippen LogP) is 4.13. The molecule has 0 aliphatic heterocycles. The van der Waals surface area contributed by atoms with Crippen LogP contribution in [0.3, 0.4) is 0 Å². The molecule has 116 valence electrons. The van der Waals surface area contributed by atoms with E-state index in [1.54, 1.807) is 19.9 Å². The Morgan fingerprint density at radius 3 is 2.82 bits per heavy atom. The predicted molar refractivity (Wildman–Crippen MR) is 85.6 cm³/mol. The van der Waals surface area contributed by atoms with Crippen molar-refractivity contribution >= 4 is 29.1 Å². The topological polar surface area (TPSA) is 55.1 Å². The molecule has 1 aliphatic carbocycles. The van der Waals surface area contributed by atoms with E-state index in [9.17, 15) is 4.79 Å². The van der Waals surface area contributed by atoms with Crippen molar-refractivity contribution < 1.29 is 9.21 Å². The molecule has 3 rings (SSSR count). The van der Waals surface area contributed by atoms with E-state index in [1.807, 2.05) is 12.1 Å². The minimum absolute atomic E-state index is 0.217. The summed E-state index contributed by atoms with van der Waals surface area (Å²) in [5.41, 5.74) is 1.71. The maximum atomic E-state index is 12.1. The third kappa shape index (κ3) is 3.13. The molecule has 1 aromatic heterocycles. The minimum atomic E-state index is -0.217. The van der Waals surface area contributed by atoms with Gasteiger partial charge in [-0.1, -0.05) is 29.3 Å². The van der Waals surface area contributed by atoms with Crippen LogP contribution in [0.4, 0.5) is 0 Å². The molecule has 1 heterocycles. The van der Waals surface area contributed by atoms with E-state index in [0.717, 1.165) is 12.0 Å². The number of carbonyl (C=O) groups excluding carboxylic acids is 1. The fraction of sp³-hybridized carbons (Fsp3) is 0.375. The van der Waals surface area contributed by atoms with Crippen LogP contribution in [-0.4, -0.2) is 17.4 Å². The number of benzene rings is 1. The first-order valence-electron chi connectivity index (χ1n) is 7.13. The lowest BCUT2D eigenvalue weighted by molar-refractivity contribution is 0.0921. The van der Waals surface area contributed by atoms with Gasteiger partial charge < -0.3 is 9.73 Å². The fourth-order valence-corrected chi connectivity index (χ4v) is 3.25. The summed E-state index contributed by atoms with van der Waals surface area (Å²) in [4.78, 5) is 16.2. The molecule has 0 saturated heterocycles. The van der Waals surface area contributed by atoms with Gasteiger partial charge in [-0.2, -0.15) is 0 Å². The number of aromatic nitrogens is 1. The molecule has 1 amide bonds. The van der Waals surface area contributed by atoms with Gasteiger partial charge in [0.25, 0.3) is 5.91 Å². The van der Waals surface area contributed by atoms with Gasteiger partial charge in [-0.25, -0.2) is 4.98 Å². The Hall–Kier alpha value is -1.52. The number of oxazole rings is 1. The highest BCUT2D eigenvalue weighted by Gasteiger charge is 2.39. The van der Waals surface area contributed by atoms with Gasteiger partial charge in [0, 0.05) is 23.5 Å². The highest BCUT2D eigenvalue weighted by atomic mass is 35.5. The van der Waals surface area contributed by atoms with Crippen LogP contribution in [0.1, 0.15) is 40.0 Å². The monoisotopic (exact) mass is 338 g/mol. The highest BCUT2D eigenvalue weighted by molar-refractivity contribution is 6.35. The first-order valence-corrected chi connectivity index (χ1v) is 7.88. The third-order valence-electron chi connectivity index (χ3n) is 3.92. The van der Waals surface area contributed by atoms with Gasteiger partial charge in [0.05, 0.1) is 5.69 Å². The van der Waals surface area contributed by atoms with E-state index in [-0.39, 0.29) is 5.91 Å². The standard InChI is InChI=1S/C16H16Cl2N2O2/c1-8-15(22-9(2)20-8)16(21)19-7-10-5-13(10)12-4-3-11(17)6-14(12)18/h3-4,6,10,13H,5,7H2,1-2H3,(H,19,21). The van der Waals surface area contributed by atoms with Gasteiger partial charge >= 0.3 is 0 Å². The lowest BCUT2D eigenvalue weighted by atomic mass is 10.1. The lowest BCUT2D eigenvalue weighted by Crippen LogP contribution is -2.26. The van der Waals surface area contributed by atoms with E-state index in [4.69, 9.17) is 27.6 Å². The van der Waals surface area contributed by atoms with Gasteiger partial charge in [0.2, 0.25) is 5.76 Å². The first-order chi connectivity index (χ1) is 10.5. The smallest absolute Gasteiger partial charge is 0.289 e. The van der Waals surface area contributed by atoms with Crippen LogP contribution < -0.4 is 5.32 Å². The van der Waals surface area contributed by atoms with E-state index < -0.39 is 0 Å². The Kier molecular flexibility index (Phi) is 4.15. The van der Waals surface area contributed by atoms with Gasteiger partial charge in [0.15, 0.2) is 5.89 Å². The molecule has 22 heavy (non-hydrogen) atoms. The molecule has 4 nitrogen and oxygen atoms in total. The number of nitrogens with zero attached hydrogens (tertiary/aromatic N) is 1. The number of aryl methyl sites for hydroxylation is 2. The average molecular weight is 339 g/mol. The fourth-order valence-electron chi connectivity index (χ4n) is 2.70. The molecule has 2 aromatic rings. The minimum Gasteiger partial charge on any atom is -0.436 e. The molecule has 0 spiro atoms. The van der Waals surface area contributed by atoms with Crippen LogP contribution in [0.15, 0.2) is 22.6 Å². The van der Waals surface area contributed by atoms with Gasteiger partial charge in [-0.05, 0) is 42.9 Å². The molecule has 1 aromatic carbocycles. The first kappa shape index (κ1) is 15.4. The van der Waals surface area contributed by atoms with Crippen LogP contribution in [0.5, 0.6) is 0 Å². The third-order valence-corrected chi connectivity index (χ3v) is 4.48. The molecule has 2 unspecified atom stereocenters. The van der Waals surface area contributed by atoms with Crippen LogP contribution in [0.25, 0.3) is 0 Å². The summed E-state index contributed by atoms with van der Waals surface area (Å²) in [7, 11) is 0. The Balaban J connectivity index is 1.58. The summed E-state index contributed by atoms with van der Waals surface area (Å²) >= 11 is 12.1. The lowest BCUT2D eigenvalue weighted by Gasteiger charge is -2.05. The molecule has 1 saturated carbocycles. The summed E-state index contributed by atoms with van der Waals surface area (Å²) in [5, 5.41) is 4.23. The largest absolute Gasteiger partial charge is 0.436 e. The van der Waals surface area contributed by atoms with Crippen LogP contribution in [0.2, 0.25) is 10.0 Å². The maximum absolute atomic E-state index is 12.1. The van der Waals surface area contributed by atoms with Crippen molar-refractivity contribution in [3.8, 4) is 0 Å². The van der Waals surface area contributed by atoms with Crippen molar-refractivity contribution in [1.82, 2.24) is 10.3 Å². The van der Waals surface area contributed by atoms with Crippen molar-refractivity contribution in [2.45, 2.75) is 26.2 Å². The molecule has 0 radical (unpaired) electrons. The second kappa shape index (κ2) is 5.94. The zero-order valence-corrected chi connectivity index (χ0v) is 13.8. The quantitative estimate of drug-likeness (QED) is 0.911. The summed E-state index contributed by atoms with van der Waals surface area (Å²) in [6.45, 7) is 4.09. The van der Waals surface area contributed by atoms with Crippen LogP contribution in [-0.2, 0) is 0 Å². The van der Waals surface area contributed by atoms with Crippen molar-refractivity contribution in [3.63, 3.8) is 0 Å². The Labute approximate surface area is 138 Å².